The lowest BCUT2D eigenvalue weighted by Gasteiger charge is -2.24. The first-order valence-corrected chi connectivity index (χ1v) is 8.94. The third kappa shape index (κ3) is 4.52. The van der Waals surface area contributed by atoms with Crippen LogP contribution in [0.3, 0.4) is 0 Å². The highest BCUT2D eigenvalue weighted by molar-refractivity contribution is 6.32. The van der Waals surface area contributed by atoms with Gasteiger partial charge in [0.25, 0.3) is 5.91 Å². The van der Waals surface area contributed by atoms with Crippen molar-refractivity contribution in [2.24, 2.45) is 0 Å². The molecule has 0 saturated carbocycles. The predicted octanol–water partition coefficient (Wildman–Crippen LogP) is 2.93. The number of amides is 1. The summed E-state index contributed by atoms with van der Waals surface area (Å²) < 4.78 is 11.1. The number of para-hydroxylation sites is 1. The van der Waals surface area contributed by atoms with Crippen molar-refractivity contribution in [2.45, 2.75) is 18.9 Å². The van der Waals surface area contributed by atoms with Crippen LogP contribution in [-0.2, 0) is 4.74 Å². The molecular formula is C19H21ClN2O4. The number of nitrogens with zero attached hydrogens (tertiary/aromatic N) is 2. The highest BCUT2D eigenvalue weighted by Crippen LogP contribution is 2.27. The Morgan fingerprint density at radius 1 is 1.31 bits per heavy atom. The average Bonchev–Trinajstić information content (AvgIpc) is 2.68. The molecule has 0 aliphatic carbocycles. The number of aromatic nitrogens is 1. The maximum atomic E-state index is 12.8. The molecule has 1 aromatic carbocycles. The first-order valence-electron chi connectivity index (χ1n) is 8.56. The van der Waals surface area contributed by atoms with Gasteiger partial charge in [0, 0.05) is 31.3 Å². The van der Waals surface area contributed by atoms with Crippen LogP contribution in [0.5, 0.6) is 5.88 Å². The molecule has 0 radical (unpaired) electrons. The van der Waals surface area contributed by atoms with Gasteiger partial charge in [-0.25, -0.2) is 4.98 Å². The Kier molecular flexibility index (Phi) is 6.44. The van der Waals surface area contributed by atoms with Gasteiger partial charge >= 0.3 is 0 Å². The van der Waals surface area contributed by atoms with E-state index in [0.29, 0.717) is 35.4 Å². The molecule has 3 rings (SSSR count). The Morgan fingerprint density at radius 3 is 2.69 bits per heavy atom. The van der Waals surface area contributed by atoms with Crippen LogP contribution >= 0.6 is 11.6 Å². The summed E-state index contributed by atoms with van der Waals surface area (Å²) >= 11 is 6.28. The van der Waals surface area contributed by atoms with Gasteiger partial charge in [-0.3, -0.25) is 4.79 Å². The lowest BCUT2D eigenvalue weighted by atomic mass is 10.1. The van der Waals surface area contributed by atoms with E-state index >= 15 is 0 Å². The second-order valence-corrected chi connectivity index (χ2v) is 6.36. The fourth-order valence-corrected chi connectivity index (χ4v) is 3.00. The van der Waals surface area contributed by atoms with E-state index in [1.165, 1.54) is 11.1 Å². The molecule has 0 atom stereocenters. The van der Waals surface area contributed by atoms with Crippen LogP contribution in [0.1, 0.15) is 23.2 Å². The van der Waals surface area contributed by atoms with Gasteiger partial charge in [-0.2, -0.15) is 0 Å². The number of ether oxygens (including phenoxy) is 2. The van der Waals surface area contributed by atoms with Crippen LogP contribution in [0.2, 0.25) is 5.02 Å². The third-order valence-corrected chi connectivity index (χ3v) is 4.41. The van der Waals surface area contributed by atoms with Crippen molar-refractivity contribution in [1.29, 1.82) is 0 Å². The topological polar surface area (TPSA) is 71.9 Å². The molecule has 138 valence electrons. The van der Waals surface area contributed by atoms with Crippen molar-refractivity contribution in [3.63, 3.8) is 0 Å². The minimum absolute atomic E-state index is 0.0190. The van der Waals surface area contributed by atoms with Gasteiger partial charge in [0.05, 0.1) is 25.4 Å². The number of halogens is 1. The second-order valence-electron chi connectivity index (χ2n) is 5.96. The predicted molar refractivity (Wildman–Crippen MR) is 98.9 cm³/mol. The summed E-state index contributed by atoms with van der Waals surface area (Å²) in [6, 6.07) is 10.7. The summed E-state index contributed by atoms with van der Waals surface area (Å²) in [4.78, 5) is 18.6. The number of aliphatic hydroxyl groups excluding tert-OH is 1. The second kappa shape index (κ2) is 8.98. The van der Waals surface area contributed by atoms with Crippen LogP contribution < -0.4 is 9.64 Å². The Labute approximate surface area is 157 Å². The van der Waals surface area contributed by atoms with Gasteiger partial charge < -0.3 is 19.5 Å². The van der Waals surface area contributed by atoms with E-state index in [1.54, 1.807) is 6.07 Å². The van der Waals surface area contributed by atoms with Crippen molar-refractivity contribution in [1.82, 2.24) is 4.98 Å². The van der Waals surface area contributed by atoms with E-state index in [0.717, 1.165) is 12.8 Å². The molecule has 0 unspecified atom stereocenters. The smallest absolute Gasteiger partial charge is 0.259 e. The number of carbonyl (C=O) groups excluding carboxylic acids is 1. The monoisotopic (exact) mass is 376 g/mol. The number of carbonyl (C=O) groups is 1. The standard InChI is InChI=1S/C19H21ClN2O4/c20-17-12-14(13-21-18(17)26-16-6-10-25-11-7-16)19(24)22(8-9-23)15-4-2-1-3-5-15/h1-5,12-13,16,23H,6-11H2. The number of rotatable bonds is 6. The lowest BCUT2D eigenvalue weighted by molar-refractivity contribution is 0.0238. The maximum absolute atomic E-state index is 12.8. The van der Waals surface area contributed by atoms with Gasteiger partial charge in [-0.05, 0) is 18.2 Å². The van der Waals surface area contributed by atoms with E-state index in [1.807, 2.05) is 30.3 Å². The number of aliphatic hydroxyl groups is 1. The largest absolute Gasteiger partial charge is 0.473 e. The van der Waals surface area contributed by atoms with E-state index in [9.17, 15) is 9.90 Å². The SMILES string of the molecule is O=C(c1cnc(OC2CCOCC2)c(Cl)c1)N(CCO)c1ccccc1. The maximum Gasteiger partial charge on any atom is 0.259 e. The summed E-state index contributed by atoms with van der Waals surface area (Å²) in [7, 11) is 0. The fourth-order valence-electron chi connectivity index (χ4n) is 2.79. The van der Waals surface area contributed by atoms with Crippen molar-refractivity contribution in [3.05, 3.63) is 53.2 Å². The van der Waals surface area contributed by atoms with E-state index < -0.39 is 0 Å². The molecule has 1 aliphatic rings. The number of hydrogen-bond acceptors (Lipinski definition) is 5. The molecule has 1 fully saturated rings. The molecule has 1 aliphatic heterocycles. The first kappa shape index (κ1) is 18.6. The first-order chi connectivity index (χ1) is 12.7. The van der Waals surface area contributed by atoms with Crippen LogP contribution in [0.15, 0.2) is 42.6 Å². The molecule has 2 heterocycles. The summed E-state index contributed by atoms with van der Waals surface area (Å²) in [6.45, 7) is 1.35. The summed E-state index contributed by atoms with van der Waals surface area (Å²) in [5.74, 6) is 0.0424. The molecule has 0 spiro atoms. The molecule has 1 N–H and O–H groups in total. The number of benzene rings is 1. The number of anilines is 1. The van der Waals surface area contributed by atoms with Gasteiger partial charge in [0.1, 0.15) is 11.1 Å². The normalized spacial score (nSPS) is 14.8. The molecule has 0 bridgehead atoms. The highest BCUT2D eigenvalue weighted by Gasteiger charge is 2.21. The zero-order chi connectivity index (χ0) is 18.4. The summed E-state index contributed by atoms with van der Waals surface area (Å²) in [5.41, 5.74) is 1.04. The Morgan fingerprint density at radius 2 is 2.04 bits per heavy atom. The zero-order valence-electron chi connectivity index (χ0n) is 14.3. The highest BCUT2D eigenvalue weighted by atomic mass is 35.5. The molecule has 1 amide bonds. The molecule has 26 heavy (non-hydrogen) atoms. The van der Waals surface area contributed by atoms with Crippen LogP contribution in [0.4, 0.5) is 5.69 Å². The van der Waals surface area contributed by atoms with E-state index in [2.05, 4.69) is 4.98 Å². The Balaban J connectivity index is 1.77. The summed E-state index contributed by atoms with van der Waals surface area (Å²) in [5, 5.41) is 9.60. The Hall–Kier alpha value is -2.15. The molecule has 2 aromatic rings. The Bertz CT molecular complexity index is 736. The van der Waals surface area contributed by atoms with Gasteiger partial charge in [-0.1, -0.05) is 29.8 Å². The molecule has 6 nitrogen and oxygen atoms in total. The number of pyridine rings is 1. The summed E-state index contributed by atoms with van der Waals surface area (Å²) in [6.07, 6.45) is 3.05. The van der Waals surface area contributed by atoms with Crippen LogP contribution in [-0.4, -0.2) is 48.5 Å². The van der Waals surface area contributed by atoms with Crippen LogP contribution in [0.25, 0.3) is 0 Å². The molecule has 1 saturated heterocycles. The number of hydrogen-bond donors (Lipinski definition) is 1. The lowest BCUT2D eigenvalue weighted by Crippen LogP contribution is -2.33. The molecule has 1 aromatic heterocycles. The van der Waals surface area contributed by atoms with Crippen molar-refractivity contribution < 1.29 is 19.4 Å². The van der Waals surface area contributed by atoms with Gasteiger partial charge in [0.2, 0.25) is 5.88 Å². The van der Waals surface area contributed by atoms with Gasteiger partial charge in [-0.15, -0.1) is 0 Å². The van der Waals surface area contributed by atoms with Gasteiger partial charge in [0.15, 0.2) is 0 Å². The van der Waals surface area contributed by atoms with Crippen molar-refractivity contribution in [3.8, 4) is 5.88 Å². The average molecular weight is 377 g/mol. The zero-order valence-corrected chi connectivity index (χ0v) is 15.1. The fraction of sp³-hybridized carbons (Fsp3) is 0.368. The molecule has 7 heteroatoms. The molecular weight excluding hydrogens is 356 g/mol. The van der Waals surface area contributed by atoms with Crippen LogP contribution in [0, 0.1) is 0 Å². The third-order valence-electron chi connectivity index (χ3n) is 4.14. The van der Waals surface area contributed by atoms with E-state index in [-0.39, 0.29) is 25.2 Å². The minimum atomic E-state index is -0.280. The van der Waals surface area contributed by atoms with Crippen molar-refractivity contribution >= 4 is 23.2 Å². The van der Waals surface area contributed by atoms with Crippen molar-refractivity contribution in [2.75, 3.05) is 31.3 Å². The minimum Gasteiger partial charge on any atom is -0.473 e. The quantitative estimate of drug-likeness (QED) is 0.839. The van der Waals surface area contributed by atoms with E-state index in [4.69, 9.17) is 21.1 Å².